The molecule has 0 radical (unpaired) electrons. The van der Waals surface area contributed by atoms with E-state index in [9.17, 15) is 14.7 Å². The van der Waals surface area contributed by atoms with Crippen LogP contribution in [-0.2, 0) is 14.3 Å². The molecule has 0 bridgehead atoms. The number of hydrogen-bond donors (Lipinski definition) is 1. The van der Waals surface area contributed by atoms with Crippen molar-refractivity contribution in [3.05, 3.63) is 0 Å². The van der Waals surface area contributed by atoms with Crippen LogP contribution in [0.15, 0.2) is 0 Å². The standard InChI is InChI=1S/C15H25NO5/c1-14(2,3)21-13(19)16-7-6-15(10-16,12(17)18)11-5-4-8-20-9-11/h11H,4-10H2,1-3H3,(H,17,18). The normalized spacial score (nSPS) is 30.2. The summed E-state index contributed by atoms with van der Waals surface area (Å²) < 4.78 is 10.8. The fourth-order valence-electron chi connectivity index (χ4n) is 3.17. The zero-order valence-electron chi connectivity index (χ0n) is 13.1. The average molecular weight is 299 g/mol. The molecule has 0 spiro atoms. The Balaban J connectivity index is 2.08. The summed E-state index contributed by atoms with van der Waals surface area (Å²) >= 11 is 0. The number of aliphatic carboxylic acids is 1. The highest BCUT2D eigenvalue weighted by Crippen LogP contribution is 2.42. The zero-order chi connectivity index (χ0) is 15.7. The Morgan fingerprint density at radius 2 is 2.10 bits per heavy atom. The van der Waals surface area contributed by atoms with E-state index in [0.29, 0.717) is 26.2 Å². The number of hydrogen-bond acceptors (Lipinski definition) is 4. The Bertz CT molecular complexity index is 411. The van der Waals surface area contributed by atoms with Crippen molar-refractivity contribution in [3.8, 4) is 0 Å². The van der Waals surface area contributed by atoms with Gasteiger partial charge in [0, 0.05) is 25.6 Å². The van der Waals surface area contributed by atoms with Gasteiger partial charge in [-0.1, -0.05) is 0 Å². The largest absolute Gasteiger partial charge is 0.481 e. The average Bonchev–Trinajstić information content (AvgIpc) is 2.84. The molecule has 0 aliphatic carbocycles. The first-order valence-electron chi connectivity index (χ1n) is 7.54. The van der Waals surface area contributed by atoms with Crippen LogP contribution in [-0.4, -0.2) is 54.0 Å². The second-order valence-electron chi connectivity index (χ2n) is 7.03. The fourth-order valence-corrected chi connectivity index (χ4v) is 3.17. The van der Waals surface area contributed by atoms with Gasteiger partial charge in [0.25, 0.3) is 0 Å². The predicted molar refractivity (Wildman–Crippen MR) is 76.0 cm³/mol. The summed E-state index contributed by atoms with van der Waals surface area (Å²) in [5.41, 5.74) is -1.46. The molecular weight excluding hydrogens is 274 g/mol. The highest BCUT2D eigenvalue weighted by molar-refractivity contribution is 5.78. The summed E-state index contributed by atoms with van der Waals surface area (Å²) in [4.78, 5) is 25.5. The van der Waals surface area contributed by atoms with E-state index in [1.54, 1.807) is 20.8 Å². The van der Waals surface area contributed by atoms with E-state index in [4.69, 9.17) is 9.47 Å². The van der Waals surface area contributed by atoms with E-state index >= 15 is 0 Å². The van der Waals surface area contributed by atoms with E-state index in [1.165, 1.54) is 4.90 Å². The van der Waals surface area contributed by atoms with Gasteiger partial charge in [0.15, 0.2) is 0 Å². The number of amides is 1. The van der Waals surface area contributed by atoms with Crippen LogP contribution in [0, 0.1) is 11.3 Å². The van der Waals surface area contributed by atoms with Gasteiger partial charge in [-0.15, -0.1) is 0 Å². The highest BCUT2D eigenvalue weighted by atomic mass is 16.6. The molecule has 2 atom stereocenters. The van der Waals surface area contributed by atoms with Gasteiger partial charge in [-0.05, 0) is 40.0 Å². The molecule has 1 N–H and O–H groups in total. The lowest BCUT2D eigenvalue weighted by Crippen LogP contribution is -2.46. The Morgan fingerprint density at radius 1 is 1.38 bits per heavy atom. The lowest BCUT2D eigenvalue weighted by Gasteiger charge is -2.36. The number of carbonyl (C=O) groups excluding carboxylic acids is 1. The number of nitrogens with zero attached hydrogens (tertiary/aromatic N) is 1. The fraction of sp³-hybridized carbons (Fsp3) is 0.867. The molecule has 120 valence electrons. The van der Waals surface area contributed by atoms with Gasteiger partial charge in [-0.25, -0.2) is 4.79 Å². The number of carboxylic acids is 1. The van der Waals surface area contributed by atoms with Crippen molar-refractivity contribution < 1.29 is 24.2 Å². The van der Waals surface area contributed by atoms with E-state index in [-0.39, 0.29) is 12.5 Å². The summed E-state index contributed by atoms with van der Waals surface area (Å²) in [7, 11) is 0. The summed E-state index contributed by atoms with van der Waals surface area (Å²) in [5, 5.41) is 9.71. The van der Waals surface area contributed by atoms with Gasteiger partial charge in [0.2, 0.25) is 0 Å². The Morgan fingerprint density at radius 3 is 2.62 bits per heavy atom. The van der Waals surface area contributed by atoms with Crippen LogP contribution in [0.4, 0.5) is 4.79 Å². The van der Waals surface area contributed by atoms with Crippen molar-refractivity contribution in [3.63, 3.8) is 0 Å². The minimum absolute atomic E-state index is 0.0313. The van der Waals surface area contributed by atoms with Crippen LogP contribution in [0.3, 0.4) is 0 Å². The summed E-state index contributed by atoms with van der Waals surface area (Å²) in [5.74, 6) is -0.861. The van der Waals surface area contributed by atoms with Crippen molar-refractivity contribution in [1.82, 2.24) is 4.90 Å². The third kappa shape index (κ3) is 3.48. The van der Waals surface area contributed by atoms with Crippen molar-refractivity contribution in [1.29, 1.82) is 0 Å². The first-order chi connectivity index (χ1) is 9.74. The highest BCUT2D eigenvalue weighted by Gasteiger charge is 2.52. The molecule has 6 heteroatoms. The lowest BCUT2D eigenvalue weighted by molar-refractivity contribution is -0.155. The molecule has 2 fully saturated rings. The summed E-state index contributed by atoms with van der Waals surface area (Å²) in [6.45, 7) is 7.22. The van der Waals surface area contributed by atoms with E-state index in [2.05, 4.69) is 0 Å². The topological polar surface area (TPSA) is 76.1 Å². The minimum Gasteiger partial charge on any atom is -0.481 e. The smallest absolute Gasteiger partial charge is 0.410 e. The number of carboxylic acid groups (broad SMARTS) is 1. The van der Waals surface area contributed by atoms with E-state index < -0.39 is 23.1 Å². The third-order valence-corrected chi connectivity index (χ3v) is 4.32. The lowest BCUT2D eigenvalue weighted by atomic mass is 9.72. The first-order valence-corrected chi connectivity index (χ1v) is 7.54. The molecule has 2 aliphatic heterocycles. The summed E-state index contributed by atoms with van der Waals surface area (Å²) in [6.07, 6.45) is 1.76. The molecule has 0 aromatic rings. The predicted octanol–water partition coefficient (Wildman–Crippen LogP) is 2.12. The third-order valence-electron chi connectivity index (χ3n) is 4.32. The maximum Gasteiger partial charge on any atom is 0.410 e. The second-order valence-corrected chi connectivity index (χ2v) is 7.03. The molecule has 2 saturated heterocycles. The number of rotatable bonds is 2. The van der Waals surface area contributed by atoms with Crippen LogP contribution in [0.25, 0.3) is 0 Å². The van der Waals surface area contributed by atoms with Crippen molar-refractivity contribution in [2.75, 3.05) is 26.3 Å². The van der Waals surface area contributed by atoms with Gasteiger partial charge in [-0.2, -0.15) is 0 Å². The van der Waals surface area contributed by atoms with Crippen LogP contribution >= 0.6 is 0 Å². The van der Waals surface area contributed by atoms with Crippen molar-refractivity contribution in [2.24, 2.45) is 11.3 Å². The Hall–Kier alpha value is -1.30. The SMILES string of the molecule is CC(C)(C)OC(=O)N1CCC(C(=O)O)(C2CCCOC2)C1. The van der Waals surface area contributed by atoms with Gasteiger partial charge >= 0.3 is 12.1 Å². The first kappa shape index (κ1) is 16.1. The van der Waals surface area contributed by atoms with Crippen molar-refractivity contribution >= 4 is 12.1 Å². The minimum atomic E-state index is -0.892. The molecule has 21 heavy (non-hydrogen) atoms. The molecule has 1 amide bonds. The zero-order valence-corrected chi connectivity index (χ0v) is 13.1. The quantitative estimate of drug-likeness (QED) is 0.845. The molecule has 2 aliphatic rings. The monoisotopic (exact) mass is 299 g/mol. The molecule has 2 heterocycles. The van der Waals surface area contributed by atoms with Crippen LogP contribution in [0.2, 0.25) is 0 Å². The molecular formula is C15H25NO5. The molecule has 0 aromatic carbocycles. The second kappa shape index (κ2) is 5.83. The maximum atomic E-state index is 12.1. The maximum absolute atomic E-state index is 12.1. The summed E-state index contributed by atoms with van der Waals surface area (Å²) in [6, 6.07) is 0. The van der Waals surface area contributed by atoms with E-state index in [0.717, 1.165) is 12.8 Å². The van der Waals surface area contributed by atoms with Gasteiger partial charge < -0.3 is 19.5 Å². The molecule has 2 rings (SSSR count). The number of carbonyl (C=O) groups is 2. The van der Waals surface area contributed by atoms with Crippen LogP contribution in [0.1, 0.15) is 40.0 Å². The van der Waals surface area contributed by atoms with E-state index in [1.807, 2.05) is 0 Å². The Kier molecular flexibility index (Phi) is 4.46. The molecule has 0 aromatic heterocycles. The van der Waals surface area contributed by atoms with Gasteiger partial charge in [-0.3, -0.25) is 4.79 Å². The van der Waals surface area contributed by atoms with Crippen LogP contribution in [0.5, 0.6) is 0 Å². The molecule has 2 unspecified atom stereocenters. The Labute approximate surface area is 125 Å². The number of likely N-dealkylation sites (tertiary alicyclic amines) is 1. The van der Waals surface area contributed by atoms with Gasteiger partial charge in [0.1, 0.15) is 5.60 Å². The van der Waals surface area contributed by atoms with Crippen molar-refractivity contribution in [2.45, 2.75) is 45.6 Å². The van der Waals surface area contributed by atoms with Crippen LogP contribution < -0.4 is 0 Å². The molecule has 0 saturated carbocycles. The number of ether oxygens (including phenoxy) is 2. The molecule has 6 nitrogen and oxygen atoms in total. The van der Waals surface area contributed by atoms with Gasteiger partial charge in [0.05, 0.1) is 12.0 Å².